The number of aliphatic hydroxyl groups is 1. The molecule has 2 heterocycles. The zero-order chi connectivity index (χ0) is 13.5. The van der Waals surface area contributed by atoms with Gasteiger partial charge in [-0.3, -0.25) is 0 Å². The van der Waals surface area contributed by atoms with E-state index in [-0.39, 0.29) is 6.10 Å². The standard InChI is InChI=1S/C14H23N3O2/c1-19-14-12(5-4-6-16-14)9-15-10-13(18)11-17-7-2-3-8-17/h4-6,13,15,18H,2-3,7-11H2,1H3. The van der Waals surface area contributed by atoms with Crippen LogP contribution in [0.3, 0.4) is 0 Å². The predicted octanol–water partition coefficient (Wildman–Crippen LogP) is 0.636. The molecule has 0 radical (unpaired) electrons. The Morgan fingerprint density at radius 2 is 2.26 bits per heavy atom. The van der Waals surface area contributed by atoms with Gasteiger partial charge in [-0.05, 0) is 32.0 Å². The van der Waals surface area contributed by atoms with Crippen molar-refractivity contribution in [3.8, 4) is 5.88 Å². The average molecular weight is 265 g/mol. The second kappa shape index (κ2) is 7.43. The van der Waals surface area contributed by atoms with Crippen LogP contribution < -0.4 is 10.1 Å². The lowest BCUT2D eigenvalue weighted by Gasteiger charge is -2.19. The third-order valence-corrected chi connectivity index (χ3v) is 3.41. The van der Waals surface area contributed by atoms with Crippen LogP contribution in [0.4, 0.5) is 0 Å². The van der Waals surface area contributed by atoms with Crippen molar-refractivity contribution in [1.29, 1.82) is 0 Å². The van der Waals surface area contributed by atoms with Gasteiger partial charge >= 0.3 is 0 Å². The van der Waals surface area contributed by atoms with Crippen molar-refractivity contribution in [3.05, 3.63) is 23.9 Å². The van der Waals surface area contributed by atoms with Crippen LogP contribution in [0.1, 0.15) is 18.4 Å². The summed E-state index contributed by atoms with van der Waals surface area (Å²) in [4.78, 5) is 6.46. The van der Waals surface area contributed by atoms with Crippen molar-refractivity contribution in [2.24, 2.45) is 0 Å². The van der Waals surface area contributed by atoms with E-state index < -0.39 is 0 Å². The van der Waals surface area contributed by atoms with Crippen LogP contribution in [0.25, 0.3) is 0 Å². The Balaban J connectivity index is 1.70. The molecule has 2 rings (SSSR count). The normalized spacial score (nSPS) is 17.6. The highest BCUT2D eigenvalue weighted by molar-refractivity contribution is 5.24. The van der Waals surface area contributed by atoms with E-state index in [1.165, 1.54) is 12.8 Å². The molecule has 1 saturated heterocycles. The molecule has 0 bridgehead atoms. The Morgan fingerprint density at radius 1 is 1.47 bits per heavy atom. The molecule has 1 atom stereocenters. The third kappa shape index (κ3) is 4.45. The van der Waals surface area contributed by atoms with Crippen molar-refractivity contribution >= 4 is 0 Å². The fraction of sp³-hybridized carbons (Fsp3) is 0.643. The maximum Gasteiger partial charge on any atom is 0.217 e. The predicted molar refractivity (Wildman–Crippen MR) is 74.2 cm³/mol. The maximum atomic E-state index is 9.96. The summed E-state index contributed by atoms with van der Waals surface area (Å²) < 4.78 is 5.19. The Morgan fingerprint density at radius 3 is 3.00 bits per heavy atom. The quantitative estimate of drug-likeness (QED) is 0.757. The third-order valence-electron chi connectivity index (χ3n) is 3.41. The maximum absolute atomic E-state index is 9.96. The molecule has 19 heavy (non-hydrogen) atoms. The lowest BCUT2D eigenvalue weighted by molar-refractivity contribution is 0.123. The minimum Gasteiger partial charge on any atom is -0.481 e. The molecule has 2 N–H and O–H groups in total. The highest BCUT2D eigenvalue weighted by Crippen LogP contribution is 2.13. The van der Waals surface area contributed by atoms with Crippen LogP contribution in [-0.2, 0) is 6.54 Å². The van der Waals surface area contributed by atoms with E-state index in [2.05, 4.69) is 15.2 Å². The number of β-amino-alcohol motifs (C(OH)–C–C–N with tert-alkyl or cyclic N) is 1. The Labute approximate surface area is 114 Å². The lowest BCUT2D eigenvalue weighted by atomic mass is 10.2. The van der Waals surface area contributed by atoms with Crippen LogP contribution in [-0.4, -0.2) is 54.4 Å². The first-order valence-electron chi connectivity index (χ1n) is 6.88. The van der Waals surface area contributed by atoms with Gasteiger partial charge in [0.15, 0.2) is 0 Å². The summed E-state index contributed by atoms with van der Waals surface area (Å²) in [7, 11) is 1.62. The largest absolute Gasteiger partial charge is 0.481 e. The van der Waals surface area contributed by atoms with Crippen LogP contribution in [0.15, 0.2) is 18.3 Å². The zero-order valence-corrected chi connectivity index (χ0v) is 11.5. The second-order valence-electron chi connectivity index (χ2n) is 4.96. The second-order valence-corrected chi connectivity index (χ2v) is 4.96. The zero-order valence-electron chi connectivity index (χ0n) is 11.5. The molecule has 0 aliphatic carbocycles. The first-order chi connectivity index (χ1) is 9.29. The van der Waals surface area contributed by atoms with Gasteiger partial charge in [-0.2, -0.15) is 0 Å². The van der Waals surface area contributed by atoms with Crippen molar-refractivity contribution in [1.82, 2.24) is 15.2 Å². The molecule has 0 amide bonds. The Bertz CT molecular complexity index is 381. The van der Waals surface area contributed by atoms with Crippen LogP contribution in [0.5, 0.6) is 5.88 Å². The highest BCUT2D eigenvalue weighted by atomic mass is 16.5. The summed E-state index contributed by atoms with van der Waals surface area (Å²) in [6.07, 6.45) is 3.91. The summed E-state index contributed by atoms with van der Waals surface area (Å²) in [6.45, 7) is 4.25. The molecular formula is C14H23N3O2. The van der Waals surface area contributed by atoms with E-state index in [1.807, 2.05) is 12.1 Å². The van der Waals surface area contributed by atoms with Gasteiger partial charge in [0.05, 0.1) is 13.2 Å². The van der Waals surface area contributed by atoms with Gasteiger partial charge in [0.1, 0.15) is 0 Å². The van der Waals surface area contributed by atoms with E-state index in [0.29, 0.717) is 19.0 Å². The molecule has 0 aromatic carbocycles. The summed E-state index contributed by atoms with van der Waals surface area (Å²) in [6, 6.07) is 3.87. The van der Waals surface area contributed by atoms with Gasteiger partial charge in [0.2, 0.25) is 5.88 Å². The van der Waals surface area contributed by atoms with Gasteiger partial charge < -0.3 is 20.1 Å². The van der Waals surface area contributed by atoms with Gasteiger partial charge in [0, 0.05) is 31.4 Å². The molecule has 0 spiro atoms. The van der Waals surface area contributed by atoms with Crippen molar-refractivity contribution in [2.45, 2.75) is 25.5 Å². The molecule has 0 saturated carbocycles. The average Bonchev–Trinajstić information content (AvgIpc) is 2.92. The molecule has 1 aromatic rings. The summed E-state index contributed by atoms with van der Waals surface area (Å²) in [5.41, 5.74) is 1.01. The molecular weight excluding hydrogens is 242 g/mol. The summed E-state index contributed by atoms with van der Waals surface area (Å²) >= 11 is 0. The number of aromatic nitrogens is 1. The van der Waals surface area contributed by atoms with Gasteiger partial charge in [-0.25, -0.2) is 4.98 Å². The minimum absolute atomic E-state index is 0.319. The van der Waals surface area contributed by atoms with Gasteiger partial charge in [0.25, 0.3) is 0 Å². The number of nitrogens with zero attached hydrogens (tertiary/aromatic N) is 2. The first kappa shape index (κ1) is 14.2. The molecule has 1 aromatic heterocycles. The number of hydrogen-bond acceptors (Lipinski definition) is 5. The number of methoxy groups -OCH3 is 1. The molecule has 1 aliphatic rings. The van der Waals surface area contributed by atoms with E-state index >= 15 is 0 Å². The van der Waals surface area contributed by atoms with Crippen molar-refractivity contribution in [2.75, 3.05) is 33.3 Å². The van der Waals surface area contributed by atoms with Crippen LogP contribution in [0.2, 0.25) is 0 Å². The number of rotatable bonds is 7. The topological polar surface area (TPSA) is 57.6 Å². The first-order valence-corrected chi connectivity index (χ1v) is 6.88. The summed E-state index contributed by atoms with van der Waals surface area (Å²) in [5, 5.41) is 13.2. The Hall–Kier alpha value is -1.17. The highest BCUT2D eigenvalue weighted by Gasteiger charge is 2.15. The molecule has 5 heteroatoms. The van der Waals surface area contributed by atoms with Crippen molar-refractivity contribution in [3.63, 3.8) is 0 Å². The SMILES string of the molecule is COc1ncccc1CNCC(O)CN1CCCC1. The molecule has 106 valence electrons. The fourth-order valence-corrected chi connectivity index (χ4v) is 2.44. The number of ether oxygens (including phenoxy) is 1. The van der Waals surface area contributed by atoms with E-state index in [4.69, 9.17) is 4.74 Å². The van der Waals surface area contributed by atoms with Gasteiger partial charge in [-0.1, -0.05) is 6.07 Å². The van der Waals surface area contributed by atoms with Crippen molar-refractivity contribution < 1.29 is 9.84 Å². The number of likely N-dealkylation sites (tertiary alicyclic amines) is 1. The Kier molecular flexibility index (Phi) is 5.57. The van der Waals surface area contributed by atoms with E-state index in [0.717, 1.165) is 25.2 Å². The monoisotopic (exact) mass is 265 g/mol. The van der Waals surface area contributed by atoms with E-state index in [9.17, 15) is 5.11 Å². The van der Waals surface area contributed by atoms with E-state index in [1.54, 1.807) is 13.3 Å². The number of pyridine rings is 1. The number of hydrogen-bond donors (Lipinski definition) is 2. The lowest BCUT2D eigenvalue weighted by Crippen LogP contribution is -2.36. The summed E-state index contributed by atoms with van der Waals surface area (Å²) in [5.74, 6) is 0.643. The minimum atomic E-state index is -0.319. The molecule has 5 nitrogen and oxygen atoms in total. The van der Waals surface area contributed by atoms with Crippen LogP contribution >= 0.6 is 0 Å². The molecule has 1 fully saturated rings. The number of aliphatic hydroxyl groups excluding tert-OH is 1. The number of nitrogens with one attached hydrogen (secondary N) is 1. The van der Waals surface area contributed by atoms with Gasteiger partial charge in [-0.15, -0.1) is 0 Å². The molecule has 1 aliphatic heterocycles. The molecule has 1 unspecified atom stereocenters. The fourth-order valence-electron chi connectivity index (χ4n) is 2.44. The van der Waals surface area contributed by atoms with Crippen LogP contribution in [0, 0.1) is 0 Å². The smallest absolute Gasteiger partial charge is 0.217 e.